The number of aliphatic hydroxyl groups is 1. The Morgan fingerprint density at radius 1 is 1.43 bits per heavy atom. The molecule has 78 valence electrons. The monoisotopic (exact) mass is 210 g/mol. The van der Waals surface area contributed by atoms with E-state index in [1.165, 1.54) is 4.88 Å². The second kappa shape index (κ2) is 3.35. The molecule has 1 aromatic rings. The fourth-order valence-corrected chi connectivity index (χ4v) is 3.36. The van der Waals surface area contributed by atoms with E-state index in [4.69, 9.17) is 0 Å². The Labute approximate surface area is 89.8 Å². The summed E-state index contributed by atoms with van der Waals surface area (Å²) in [5.41, 5.74) is -0.394. The van der Waals surface area contributed by atoms with Gasteiger partial charge in [0, 0.05) is 10.3 Å². The van der Waals surface area contributed by atoms with Gasteiger partial charge < -0.3 is 5.11 Å². The van der Waals surface area contributed by atoms with E-state index in [9.17, 15) is 5.11 Å². The highest BCUT2D eigenvalue weighted by atomic mass is 32.1. The molecule has 0 spiro atoms. The first-order chi connectivity index (χ1) is 6.54. The number of rotatable bonds is 2. The highest BCUT2D eigenvalue weighted by Crippen LogP contribution is 2.48. The molecule has 0 amide bonds. The van der Waals surface area contributed by atoms with Crippen LogP contribution in [0.5, 0.6) is 0 Å². The van der Waals surface area contributed by atoms with Crippen molar-refractivity contribution in [3.05, 3.63) is 22.4 Å². The Bertz CT molecular complexity index is 302. The van der Waals surface area contributed by atoms with Crippen LogP contribution in [0.1, 0.15) is 38.0 Å². The highest BCUT2D eigenvalue weighted by Gasteiger charge is 2.47. The van der Waals surface area contributed by atoms with Crippen LogP contribution in [0.2, 0.25) is 0 Å². The molecular weight excluding hydrogens is 192 g/mol. The van der Waals surface area contributed by atoms with Gasteiger partial charge in [0.05, 0.1) is 5.60 Å². The van der Waals surface area contributed by atoms with Gasteiger partial charge in [-0.1, -0.05) is 13.0 Å². The van der Waals surface area contributed by atoms with E-state index >= 15 is 0 Å². The summed E-state index contributed by atoms with van der Waals surface area (Å²) < 4.78 is 0. The van der Waals surface area contributed by atoms with E-state index in [1.54, 1.807) is 11.3 Å². The third-order valence-corrected chi connectivity index (χ3v) is 4.71. The van der Waals surface area contributed by atoms with Gasteiger partial charge in [-0.3, -0.25) is 0 Å². The molecule has 2 heteroatoms. The molecule has 2 unspecified atom stereocenters. The molecule has 2 atom stereocenters. The zero-order chi connectivity index (χ0) is 10.2. The molecule has 0 aliphatic heterocycles. The quantitative estimate of drug-likeness (QED) is 0.794. The molecule has 1 N–H and O–H groups in total. The molecule has 1 nitrogen and oxygen atoms in total. The lowest BCUT2D eigenvalue weighted by molar-refractivity contribution is -0.0349. The highest BCUT2D eigenvalue weighted by molar-refractivity contribution is 7.09. The Hall–Kier alpha value is -0.340. The van der Waals surface area contributed by atoms with Crippen molar-refractivity contribution >= 4 is 11.3 Å². The van der Waals surface area contributed by atoms with Gasteiger partial charge in [-0.25, -0.2) is 0 Å². The third-order valence-electron chi connectivity index (χ3n) is 3.84. The van der Waals surface area contributed by atoms with Crippen LogP contribution in [0.4, 0.5) is 0 Å². The largest absolute Gasteiger partial charge is 0.390 e. The van der Waals surface area contributed by atoms with Gasteiger partial charge in [0.2, 0.25) is 0 Å². The summed E-state index contributed by atoms with van der Waals surface area (Å²) in [6.45, 7) is 4.22. The Kier molecular flexibility index (Phi) is 2.44. The van der Waals surface area contributed by atoms with Gasteiger partial charge in [0.25, 0.3) is 0 Å². The lowest BCUT2D eigenvalue weighted by atomic mass is 9.74. The smallest absolute Gasteiger partial charge is 0.0676 e. The van der Waals surface area contributed by atoms with Crippen molar-refractivity contribution in [2.24, 2.45) is 5.41 Å². The first-order valence-electron chi connectivity index (χ1n) is 5.28. The average Bonchev–Trinajstić information content (AvgIpc) is 2.63. The van der Waals surface area contributed by atoms with Crippen molar-refractivity contribution in [3.8, 4) is 0 Å². The van der Waals surface area contributed by atoms with Gasteiger partial charge in [0.15, 0.2) is 0 Å². The minimum atomic E-state index is -0.475. The van der Waals surface area contributed by atoms with E-state index in [-0.39, 0.29) is 5.41 Å². The van der Waals surface area contributed by atoms with Crippen molar-refractivity contribution in [2.45, 2.75) is 45.1 Å². The average molecular weight is 210 g/mol. The second-order valence-corrected chi connectivity index (χ2v) is 5.98. The summed E-state index contributed by atoms with van der Waals surface area (Å²) in [4.78, 5) is 1.40. The van der Waals surface area contributed by atoms with Gasteiger partial charge in [0.1, 0.15) is 0 Å². The van der Waals surface area contributed by atoms with Crippen LogP contribution in [0.15, 0.2) is 17.5 Å². The van der Waals surface area contributed by atoms with Crippen LogP contribution in [0.3, 0.4) is 0 Å². The van der Waals surface area contributed by atoms with E-state index < -0.39 is 5.60 Å². The van der Waals surface area contributed by atoms with Crippen molar-refractivity contribution < 1.29 is 5.11 Å². The number of thiophene rings is 1. The fourth-order valence-electron chi connectivity index (χ4n) is 2.47. The molecule has 14 heavy (non-hydrogen) atoms. The van der Waals surface area contributed by atoms with Crippen LogP contribution in [-0.2, 0) is 6.42 Å². The van der Waals surface area contributed by atoms with Crippen LogP contribution in [0, 0.1) is 5.41 Å². The number of hydrogen-bond donors (Lipinski definition) is 1. The van der Waals surface area contributed by atoms with Gasteiger partial charge >= 0.3 is 0 Å². The van der Waals surface area contributed by atoms with Crippen molar-refractivity contribution in [2.75, 3.05) is 0 Å². The molecule has 1 saturated carbocycles. The van der Waals surface area contributed by atoms with Crippen LogP contribution < -0.4 is 0 Å². The van der Waals surface area contributed by atoms with Crippen LogP contribution >= 0.6 is 11.3 Å². The summed E-state index contributed by atoms with van der Waals surface area (Å²) in [6.07, 6.45) is 4.29. The molecule has 0 aromatic carbocycles. The van der Waals surface area contributed by atoms with Gasteiger partial charge in [-0.15, -0.1) is 11.3 Å². The second-order valence-electron chi connectivity index (χ2n) is 4.94. The fraction of sp³-hybridized carbons (Fsp3) is 0.667. The lowest BCUT2D eigenvalue weighted by Crippen LogP contribution is -2.40. The van der Waals surface area contributed by atoms with Crippen molar-refractivity contribution in [3.63, 3.8) is 0 Å². The van der Waals surface area contributed by atoms with Gasteiger partial charge in [-0.2, -0.15) is 0 Å². The van der Waals surface area contributed by atoms with E-state index in [2.05, 4.69) is 24.4 Å². The van der Waals surface area contributed by atoms with Crippen LogP contribution in [0.25, 0.3) is 0 Å². The SMILES string of the molecule is CC1(O)CCCC1(C)Cc1cccs1. The maximum Gasteiger partial charge on any atom is 0.0676 e. The molecule has 1 heterocycles. The molecule has 1 fully saturated rings. The summed E-state index contributed by atoms with van der Waals surface area (Å²) >= 11 is 1.80. The Morgan fingerprint density at radius 3 is 2.71 bits per heavy atom. The predicted octanol–water partition coefficient (Wildman–Crippen LogP) is 3.23. The first kappa shape index (κ1) is 10.2. The molecular formula is C12H18OS. The minimum absolute atomic E-state index is 0.0812. The number of hydrogen-bond acceptors (Lipinski definition) is 2. The normalized spacial score (nSPS) is 37.6. The molecule has 1 aliphatic rings. The molecule has 0 saturated heterocycles. The van der Waals surface area contributed by atoms with Gasteiger partial charge in [-0.05, 0) is 44.1 Å². The topological polar surface area (TPSA) is 20.2 Å². The summed E-state index contributed by atoms with van der Waals surface area (Å²) in [6, 6.07) is 4.26. The maximum absolute atomic E-state index is 10.3. The predicted molar refractivity (Wildman–Crippen MR) is 60.6 cm³/mol. The van der Waals surface area contributed by atoms with Crippen LogP contribution in [-0.4, -0.2) is 10.7 Å². The molecule has 1 aliphatic carbocycles. The molecule has 1 aromatic heterocycles. The minimum Gasteiger partial charge on any atom is -0.390 e. The Balaban J connectivity index is 2.17. The van der Waals surface area contributed by atoms with E-state index in [1.807, 2.05) is 6.92 Å². The first-order valence-corrected chi connectivity index (χ1v) is 6.16. The maximum atomic E-state index is 10.3. The molecule has 0 bridgehead atoms. The zero-order valence-electron chi connectivity index (χ0n) is 8.92. The third kappa shape index (κ3) is 1.61. The summed E-state index contributed by atoms with van der Waals surface area (Å²) in [5.74, 6) is 0. The van der Waals surface area contributed by atoms with E-state index in [0.717, 1.165) is 25.7 Å². The lowest BCUT2D eigenvalue weighted by Gasteiger charge is -2.36. The zero-order valence-corrected chi connectivity index (χ0v) is 9.73. The standard InChI is InChI=1S/C12H18OS/c1-11(6-4-7-12(11,2)13)9-10-5-3-8-14-10/h3,5,8,13H,4,6-7,9H2,1-2H3. The summed E-state index contributed by atoms with van der Waals surface area (Å²) in [5, 5.41) is 12.4. The van der Waals surface area contributed by atoms with Crippen molar-refractivity contribution in [1.29, 1.82) is 0 Å². The van der Waals surface area contributed by atoms with Crippen molar-refractivity contribution in [1.82, 2.24) is 0 Å². The van der Waals surface area contributed by atoms with E-state index in [0.29, 0.717) is 0 Å². The molecule has 2 rings (SSSR count). The molecule has 0 radical (unpaired) electrons. The Morgan fingerprint density at radius 2 is 2.21 bits per heavy atom. The summed E-state index contributed by atoms with van der Waals surface area (Å²) in [7, 11) is 0.